The lowest BCUT2D eigenvalue weighted by atomic mass is 10.2. The van der Waals surface area contributed by atoms with E-state index in [-0.39, 0.29) is 5.78 Å². The third kappa shape index (κ3) is 3.42. The average Bonchev–Trinajstić information content (AvgIpc) is 2.57. The number of aromatic nitrogens is 2. The first-order chi connectivity index (χ1) is 7.56. The first-order valence-corrected chi connectivity index (χ1v) is 6.24. The summed E-state index contributed by atoms with van der Waals surface area (Å²) in [6, 6.07) is 0. The molecule has 1 heterocycles. The van der Waals surface area contributed by atoms with Crippen molar-refractivity contribution in [1.82, 2.24) is 14.7 Å². The van der Waals surface area contributed by atoms with Crippen LogP contribution >= 0.6 is 15.9 Å². The fraction of sp³-hybridized carbons (Fsp3) is 0.636. The van der Waals surface area contributed by atoms with Gasteiger partial charge in [0.2, 0.25) is 0 Å². The number of hydrogen-bond donors (Lipinski definition) is 0. The van der Waals surface area contributed by atoms with Gasteiger partial charge in [0.25, 0.3) is 0 Å². The van der Waals surface area contributed by atoms with E-state index in [2.05, 4.69) is 28.0 Å². The molecular formula is C11H18BrN3O. The standard InChI is InChI=1S/C11H18BrN3O/c1-4-6-15-11(9(12)8-13-15)10(16)5-7-14(2)3/h8H,4-7H2,1-3H3. The molecule has 16 heavy (non-hydrogen) atoms. The normalized spacial score (nSPS) is 11.1. The molecule has 0 saturated heterocycles. The maximum Gasteiger partial charge on any atom is 0.183 e. The lowest BCUT2D eigenvalue weighted by Gasteiger charge is -2.09. The predicted molar refractivity (Wildman–Crippen MR) is 67.7 cm³/mol. The molecule has 0 unspecified atom stereocenters. The van der Waals surface area contributed by atoms with E-state index < -0.39 is 0 Å². The van der Waals surface area contributed by atoms with Gasteiger partial charge in [-0.25, -0.2) is 0 Å². The molecule has 0 bridgehead atoms. The lowest BCUT2D eigenvalue weighted by Crippen LogP contribution is -2.19. The van der Waals surface area contributed by atoms with Crippen molar-refractivity contribution in [2.24, 2.45) is 0 Å². The average molecular weight is 288 g/mol. The minimum absolute atomic E-state index is 0.145. The van der Waals surface area contributed by atoms with Crippen LogP contribution in [0.5, 0.6) is 0 Å². The predicted octanol–water partition coefficient (Wildman–Crippen LogP) is 2.19. The van der Waals surface area contributed by atoms with Gasteiger partial charge in [-0.05, 0) is 36.4 Å². The Balaban J connectivity index is 2.76. The van der Waals surface area contributed by atoms with Gasteiger partial charge in [-0.15, -0.1) is 0 Å². The van der Waals surface area contributed by atoms with Crippen LogP contribution in [0.3, 0.4) is 0 Å². The second-order valence-electron chi connectivity index (χ2n) is 4.04. The van der Waals surface area contributed by atoms with Crippen LogP contribution < -0.4 is 0 Å². The van der Waals surface area contributed by atoms with Crippen LogP contribution in [0.25, 0.3) is 0 Å². The highest BCUT2D eigenvalue weighted by Crippen LogP contribution is 2.18. The first-order valence-electron chi connectivity index (χ1n) is 5.45. The second-order valence-corrected chi connectivity index (χ2v) is 4.90. The van der Waals surface area contributed by atoms with E-state index in [1.165, 1.54) is 0 Å². The van der Waals surface area contributed by atoms with Gasteiger partial charge in [0.15, 0.2) is 5.78 Å². The molecule has 4 nitrogen and oxygen atoms in total. The first kappa shape index (κ1) is 13.4. The van der Waals surface area contributed by atoms with Crippen molar-refractivity contribution in [2.75, 3.05) is 20.6 Å². The van der Waals surface area contributed by atoms with Gasteiger partial charge in [-0.1, -0.05) is 6.92 Å². The number of hydrogen-bond acceptors (Lipinski definition) is 3. The van der Waals surface area contributed by atoms with Gasteiger partial charge < -0.3 is 4.90 Å². The van der Waals surface area contributed by atoms with Crippen LogP contribution in [0.15, 0.2) is 10.7 Å². The highest BCUT2D eigenvalue weighted by molar-refractivity contribution is 9.10. The minimum atomic E-state index is 0.145. The number of Topliss-reactive ketones (excluding diaryl/α,β-unsaturated/α-hetero) is 1. The smallest absolute Gasteiger partial charge is 0.183 e. The minimum Gasteiger partial charge on any atom is -0.309 e. The van der Waals surface area contributed by atoms with Crippen LogP contribution in [-0.2, 0) is 6.54 Å². The summed E-state index contributed by atoms with van der Waals surface area (Å²) >= 11 is 3.38. The van der Waals surface area contributed by atoms with E-state index in [1.54, 1.807) is 10.9 Å². The van der Waals surface area contributed by atoms with Crippen molar-refractivity contribution < 1.29 is 4.79 Å². The molecule has 0 amide bonds. The Morgan fingerprint density at radius 1 is 1.56 bits per heavy atom. The largest absolute Gasteiger partial charge is 0.309 e. The summed E-state index contributed by atoms with van der Waals surface area (Å²) in [6.07, 6.45) is 3.20. The van der Waals surface area contributed by atoms with Crippen molar-refractivity contribution in [2.45, 2.75) is 26.3 Å². The number of nitrogens with zero attached hydrogens (tertiary/aromatic N) is 3. The zero-order valence-electron chi connectivity index (χ0n) is 10.0. The highest BCUT2D eigenvalue weighted by atomic mass is 79.9. The molecule has 0 spiro atoms. The molecular weight excluding hydrogens is 270 g/mol. The number of aryl methyl sites for hydroxylation is 1. The third-order valence-corrected chi connectivity index (χ3v) is 2.86. The number of ketones is 1. The van der Waals surface area contributed by atoms with E-state index >= 15 is 0 Å². The molecule has 1 aromatic rings. The molecule has 0 saturated carbocycles. The maximum atomic E-state index is 12.0. The van der Waals surface area contributed by atoms with Crippen LogP contribution in [-0.4, -0.2) is 41.1 Å². The Bertz CT molecular complexity index is 360. The Labute approximate surface area is 105 Å². The summed E-state index contributed by atoms with van der Waals surface area (Å²) in [5, 5.41) is 4.19. The Hall–Kier alpha value is -0.680. The van der Waals surface area contributed by atoms with E-state index in [9.17, 15) is 4.79 Å². The summed E-state index contributed by atoms with van der Waals surface area (Å²) < 4.78 is 2.58. The fourth-order valence-corrected chi connectivity index (χ4v) is 1.98. The Morgan fingerprint density at radius 3 is 2.81 bits per heavy atom. The maximum absolute atomic E-state index is 12.0. The van der Waals surface area contributed by atoms with Gasteiger partial charge >= 0.3 is 0 Å². The number of carbonyl (C=O) groups is 1. The summed E-state index contributed by atoms with van der Waals surface area (Å²) in [5.74, 6) is 0.145. The summed E-state index contributed by atoms with van der Waals surface area (Å²) in [5.41, 5.74) is 0.698. The SMILES string of the molecule is CCCn1ncc(Br)c1C(=O)CCN(C)C. The molecule has 5 heteroatoms. The zero-order chi connectivity index (χ0) is 12.1. The summed E-state index contributed by atoms with van der Waals surface area (Å²) in [4.78, 5) is 14.0. The number of carbonyl (C=O) groups excluding carboxylic acids is 1. The fourth-order valence-electron chi connectivity index (χ4n) is 1.46. The molecule has 0 aliphatic rings. The van der Waals surface area contributed by atoms with E-state index in [0.29, 0.717) is 12.1 Å². The second kappa shape index (κ2) is 6.15. The molecule has 1 rings (SSSR count). The molecule has 0 radical (unpaired) electrons. The number of halogens is 1. The highest BCUT2D eigenvalue weighted by Gasteiger charge is 2.16. The van der Waals surface area contributed by atoms with Gasteiger partial charge in [0.1, 0.15) is 5.69 Å². The van der Waals surface area contributed by atoms with Crippen molar-refractivity contribution in [3.8, 4) is 0 Å². The van der Waals surface area contributed by atoms with Crippen molar-refractivity contribution in [1.29, 1.82) is 0 Å². The van der Waals surface area contributed by atoms with E-state index in [0.717, 1.165) is 24.0 Å². The molecule has 0 atom stereocenters. The topological polar surface area (TPSA) is 38.1 Å². The van der Waals surface area contributed by atoms with Crippen LogP contribution in [0.1, 0.15) is 30.3 Å². The third-order valence-electron chi connectivity index (χ3n) is 2.28. The number of rotatable bonds is 6. The summed E-state index contributed by atoms with van der Waals surface area (Å²) in [7, 11) is 3.93. The van der Waals surface area contributed by atoms with Crippen molar-refractivity contribution in [3.63, 3.8) is 0 Å². The lowest BCUT2D eigenvalue weighted by molar-refractivity contribution is 0.0961. The van der Waals surface area contributed by atoms with Crippen LogP contribution in [0, 0.1) is 0 Å². The van der Waals surface area contributed by atoms with Gasteiger partial charge in [0.05, 0.1) is 10.7 Å². The molecule has 0 N–H and O–H groups in total. The van der Waals surface area contributed by atoms with Crippen LogP contribution in [0.2, 0.25) is 0 Å². The Morgan fingerprint density at radius 2 is 2.25 bits per heavy atom. The van der Waals surface area contributed by atoms with Crippen molar-refractivity contribution >= 4 is 21.7 Å². The molecule has 0 aromatic carbocycles. The molecule has 90 valence electrons. The molecule has 0 fully saturated rings. The molecule has 0 aliphatic carbocycles. The monoisotopic (exact) mass is 287 g/mol. The van der Waals surface area contributed by atoms with Gasteiger partial charge in [0, 0.05) is 19.5 Å². The van der Waals surface area contributed by atoms with Crippen LogP contribution in [0.4, 0.5) is 0 Å². The quantitative estimate of drug-likeness (QED) is 0.753. The van der Waals surface area contributed by atoms with Gasteiger partial charge in [-0.2, -0.15) is 5.10 Å². The van der Waals surface area contributed by atoms with E-state index in [1.807, 2.05) is 19.0 Å². The molecule has 1 aromatic heterocycles. The van der Waals surface area contributed by atoms with Gasteiger partial charge in [-0.3, -0.25) is 9.48 Å². The van der Waals surface area contributed by atoms with E-state index in [4.69, 9.17) is 0 Å². The summed E-state index contributed by atoms with van der Waals surface area (Å²) in [6.45, 7) is 3.63. The zero-order valence-corrected chi connectivity index (χ0v) is 11.6. The van der Waals surface area contributed by atoms with Crippen molar-refractivity contribution in [3.05, 3.63) is 16.4 Å². The molecule has 0 aliphatic heterocycles. The Kier molecular flexibility index (Phi) is 5.15.